The van der Waals surface area contributed by atoms with Gasteiger partial charge >= 0.3 is 0 Å². The van der Waals surface area contributed by atoms with E-state index in [1.807, 2.05) is 24.3 Å². The molecular formula is C16H12FNO2S. The fourth-order valence-electron chi connectivity index (χ4n) is 2.15. The molecule has 1 atom stereocenters. The molecule has 0 saturated carbocycles. The van der Waals surface area contributed by atoms with Crippen molar-refractivity contribution in [3.8, 4) is 0 Å². The summed E-state index contributed by atoms with van der Waals surface area (Å²) >= 11 is 0. The first-order valence-corrected chi connectivity index (χ1v) is 7.91. The van der Waals surface area contributed by atoms with E-state index >= 15 is 0 Å². The number of sulfone groups is 1. The van der Waals surface area contributed by atoms with Crippen molar-refractivity contribution >= 4 is 20.6 Å². The van der Waals surface area contributed by atoms with Crippen LogP contribution >= 0.6 is 0 Å². The zero-order chi connectivity index (χ0) is 14.9. The largest absolute Gasteiger partial charge is 0.245 e. The van der Waals surface area contributed by atoms with Crippen LogP contribution in [0.25, 0.3) is 10.8 Å². The highest BCUT2D eigenvalue weighted by Crippen LogP contribution is 2.30. The molecule has 21 heavy (non-hydrogen) atoms. The number of aromatic nitrogens is 1. The van der Waals surface area contributed by atoms with E-state index in [0.29, 0.717) is 0 Å². The molecule has 0 aliphatic rings. The van der Waals surface area contributed by atoms with Crippen LogP contribution in [0, 0.1) is 0 Å². The number of halogens is 1. The predicted molar refractivity (Wildman–Crippen MR) is 79.2 cm³/mol. The molecule has 0 spiro atoms. The molecule has 1 unspecified atom stereocenters. The Morgan fingerprint density at radius 3 is 2.33 bits per heavy atom. The highest BCUT2D eigenvalue weighted by molar-refractivity contribution is 7.91. The van der Waals surface area contributed by atoms with Crippen LogP contribution < -0.4 is 0 Å². The van der Waals surface area contributed by atoms with E-state index in [4.69, 9.17) is 0 Å². The fraction of sp³-hybridized carbons (Fsp3) is 0.0625. The summed E-state index contributed by atoms with van der Waals surface area (Å²) < 4.78 is 39.0. The molecular weight excluding hydrogens is 289 g/mol. The Balaban J connectivity index is 2.06. The zero-order valence-corrected chi connectivity index (χ0v) is 11.8. The number of rotatable bonds is 3. The van der Waals surface area contributed by atoms with Crippen LogP contribution in [0.4, 0.5) is 4.39 Å². The maximum absolute atomic E-state index is 14.5. The van der Waals surface area contributed by atoms with Gasteiger partial charge in [0.1, 0.15) is 0 Å². The first-order valence-electron chi connectivity index (χ1n) is 6.37. The van der Waals surface area contributed by atoms with Gasteiger partial charge in [0.05, 0.1) is 0 Å². The van der Waals surface area contributed by atoms with E-state index in [1.165, 1.54) is 24.4 Å². The molecule has 5 heteroatoms. The van der Waals surface area contributed by atoms with E-state index in [9.17, 15) is 12.8 Å². The summed E-state index contributed by atoms with van der Waals surface area (Å²) in [6.07, 6.45) is 1.33. The van der Waals surface area contributed by atoms with Gasteiger partial charge in [-0.2, -0.15) is 0 Å². The van der Waals surface area contributed by atoms with Crippen molar-refractivity contribution < 1.29 is 12.8 Å². The van der Waals surface area contributed by atoms with Crippen LogP contribution in [-0.2, 0) is 9.84 Å². The highest BCUT2D eigenvalue weighted by Gasteiger charge is 2.30. The first-order chi connectivity index (χ1) is 10.1. The van der Waals surface area contributed by atoms with Crippen molar-refractivity contribution in [1.29, 1.82) is 0 Å². The van der Waals surface area contributed by atoms with Gasteiger partial charge in [-0.05, 0) is 29.0 Å². The van der Waals surface area contributed by atoms with Crippen molar-refractivity contribution in [2.24, 2.45) is 0 Å². The van der Waals surface area contributed by atoms with Crippen molar-refractivity contribution in [2.45, 2.75) is 10.5 Å². The van der Waals surface area contributed by atoms with Crippen LogP contribution in [0.15, 0.2) is 71.9 Å². The summed E-state index contributed by atoms with van der Waals surface area (Å²) in [5.74, 6) is 0. The Labute approximate surface area is 122 Å². The summed E-state index contributed by atoms with van der Waals surface area (Å²) in [7, 11) is -4.14. The van der Waals surface area contributed by atoms with Crippen LogP contribution in [-0.4, -0.2) is 13.4 Å². The second-order valence-corrected chi connectivity index (χ2v) is 6.56. The lowest BCUT2D eigenvalue weighted by Crippen LogP contribution is -2.11. The van der Waals surface area contributed by atoms with E-state index < -0.39 is 15.3 Å². The van der Waals surface area contributed by atoms with Crippen LogP contribution in [0.2, 0.25) is 0 Å². The molecule has 3 nitrogen and oxygen atoms in total. The number of hydrogen-bond donors (Lipinski definition) is 0. The minimum Gasteiger partial charge on any atom is -0.245 e. The molecule has 106 valence electrons. The van der Waals surface area contributed by atoms with E-state index in [1.54, 1.807) is 18.2 Å². The SMILES string of the molecule is O=S(=O)(c1ccccn1)C(F)c1ccc2ccccc2c1. The number of hydrogen-bond acceptors (Lipinski definition) is 3. The Hall–Kier alpha value is -2.27. The molecule has 3 rings (SSSR count). The monoisotopic (exact) mass is 301 g/mol. The number of benzene rings is 2. The van der Waals surface area contributed by atoms with Crippen LogP contribution in [0.1, 0.15) is 11.1 Å². The van der Waals surface area contributed by atoms with Crippen molar-refractivity contribution in [2.75, 3.05) is 0 Å². The molecule has 0 aliphatic heterocycles. The maximum Gasteiger partial charge on any atom is 0.231 e. The molecule has 0 radical (unpaired) electrons. The first kappa shape index (κ1) is 13.7. The number of nitrogens with zero attached hydrogens (tertiary/aromatic N) is 1. The predicted octanol–water partition coefficient (Wildman–Crippen LogP) is 3.68. The summed E-state index contributed by atoms with van der Waals surface area (Å²) in [6.45, 7) is 0. The fourth-order valence-corrected chi connectivity index (χ4v) is 3.34. The molecule has 2 aromatic carbocycles. The Kier molecular flexibility index (Phi) is 3.43. The minimum atomic E-state index is -4.14. The van der Waals surface area contributed by atoms with Crippen molar-refractivity contribution in [3.05, 3.63) is 72.4 Å². The number of fused-ring (bicyclic) bond motifs is 1. The van der Waals surface area contributed by atoms with Gasteiger partial charge in [0.25, 0.3) is 0 Å². The topological polar surface area (TPSA) is 47.0 Å². The molecule has 1 aromatic heterocycles. The number of pyridine rings is 1. The summed E-state index contributed by atoms with van der Waals surface area (Å²) in [4.78, 5) is 3.73. The minimum absolute atomic E-state index is 0.111. The van der Waals surface area contributed by atoms with Crippen LogP contribution in [0.3, 0.4) is 0 Å². The normalized spacial score (nSPS) is 13.2. The van der Waals surface area contributed by atoms with E-state index in [2.05, 4.69) is 4.98 Å². The Bertz CT molecular complexity index is 879. The lowest BCUT2D eigenvalue weighted by atomic mass is 10.1. The second-order valence-electron chi connectivity index (χ2n) is 4.64. The van der Waals surface area contributed by atoms with Gasteiger partial charge in [-0.3, -0.25) is 0 Å². The third-order valence-corrected chi connectivity index (χ3v) is 4.88. The quantitative estimate of drug-likeness (QED) is 0.741. The standard InChI is InChI=1S/C16H12FNO2S/c17-16(21(19,20)15-7-3-4-10-18-15)14-9-8-12-5-1-2-6-13(12)11-14/h1-11,16H. The summed E-state index contributed by atoms with van der Waals surface area (Å²) in [5.41, 5.74) is -2.02. The van der Waals surface area contributed by atoms with Gasteiger partial charge in [0.2, 0.25) is 15.3 Å². The Morgan fingerprint density at radius 2 is 1.62 bits per heavy atom. The molecule has 0 amide bonds. The van der Waals surface area contributed by atoms with Gasteiger partial charge in [0.15, 0.2) is 5.03 Å². The van der Waals surface area contributed by atoms with Crippen LogP contribution in [0.5, 0.6) is 0 Å². The molecule has 1 heterocycles. The van der Waals surface area contributed by atoms with Gasteiger partial charge < -0.3 is 0 Å². The zero-order valence-electron chi connectivity index (χ0n) is 11.0. The maximum atomic E-state index is 14.5. The van der Waals surface area contributed by atoms with E-state index in [-0.39, 0.29) is 10.6 Å². The molecule has 0 saturated heterocycles. The molecule has 3 aromatic rings. The summed E-state index contributed by atoms with van der Waals surface area (Å²) in [6, 6.07) is 16.6. The smallest absolute Gasteiger partial charge is 0.231 e. The van der Waals surface area contributed by atoms with Crippen molar-refractivity contribution in [1.82, 2.24) is 4.98 Å². The number of alkyl halides is 1. The third-order valence-electron chi connectivity index (χ3n) is 3.24. The summed E-state index contributed by atoms with van der Waals surface area (Å²) in [5, 5.41) is 1.48. The second kappa shape index (κ2) is 5.26. The molecule has 0 bridgehead atoms. The highest BCUT2D eigenvalue weighted by atomic mass is 32.2. The van der Waals surface area contributed by atoms with Crippen molar-refractivity contribution in [3.63, 3.8) is 0 Å². The molecule has 0 fully saturated rings. The lowest BCUT2D eigenvalue weighted by Gasteiger charge is -2.10. The van der Waals surface area contributed by atoms with Gasteiger partial charge in [-0.1, -0.05) is 42.5 Å². The van der Waals surface area contributed by atoms with Gasteiger partial charge in [-0.15, -0.1) is 0 Å². The average Bonchev–Trinajstić information content (AvgIpc) is 2.54. The van der Waals surface area contributed by atoms with Gasteiger partial charge in [0, 0.05) is 11.8 Å². The Morgan fingerprint density at radius 1 is 0.905 bits per heavy atom. The average molecular weight is 301 g/mol. The third kappa shape index (κ3) is 2.52. The van der Waals surface area contributed by atoms with Gasteiger partial charge in [-0.25, -0.2) is 17.8 Å². The van der Waals surface area contributed by atoms with E-state index in [0.717, 1.165) is 10.8 Å². The molecule has 0 aliphatic carbocycles. The molecule has 0 N–H and O–H groups in total. The lowest BCUT2D eigenvalue weighted by molar-refractivity contribution is 0.430.